The lowest BCUT2D eigenvalue weighted by molar-refractivity contribution is 0.0536. The van der Waals surface area contributed by atoms with Crippen LogP contribution in [0, 0.1) is 6.92 Å². The maximum absolute atomic E-state index is 6.85. The van der Waals surface area contributed by atoms with Gasteiger partial charge in [-0.2, -0.15) is 0 Å². The number of anilines is 1. The zero-order chi connectivity index (χ0) is 18.7. The fourth-order valence-corrected chi connectivity index (χ4v) is 4.51. The number of allylic oxidation sites excluding steroid dienone is 1. The molecule has 3 heteroatoms. The number of para-hydroxylation sites is 1. The summed E-state index contributed by atoms with van der Waals surface area (Å²) in [6.07, 6.45) is 2.28. The molecule has 0 aromatic heterocycles. The first kappa shape index (κ1) is 17.0. The molecule has 4 rings (SSSR count). The minimum atomic E-state index is -0.576. The summed E-state index contributed by atoms with van der Waals surface area (Å²) in [5, 5.41) is 0. The van der Waals surface area contributed by atoms with Gasteiger partial charge in [-0.15, -0.1) is 0 Å². The molecule has 2 aliphatic rings. The quantitative estimate of drug-likeness (QED) is 0.733. The molecule has 0 N–H and O–H groups in total. The third kappa shape index (κ3) is 2.00. The van der Waals surface area contributed by atoms with E-state index in [2.05, 4.69) is 82.1 Å². The molecule has 2 aliphatic heterocycles. The van der Waals surface area contributed by atoms with Crippen LogP contribution in [-0.4, -0.2) is 19.4 Å². The molecule has 0 saturated heterocycles. The topological polar surface area (TPSA) is 21.7 Å². The molecule has 26 heavy (non-hydrogen) atoms. The van der Waals surface area contributed by atoms with E-state index in [4.69, 9.17) is 9.47 Å². The number of benzene rings is 2. The first-order valence-corrected chi connectivity index (χ1v) is 9.32. The van der Waals surface area contributed by atoms with Gasteiger partial charge in [0.2, 0.25) is 5.72 Å². The zero-order valence-electron chi connectivity index (χ0n) is 16.5. The average molecular weight is 349 g/mol. The summed E-state index contributed by atoms with van der Waals surface area (Å²) < 4.78 is 12.8. The Morgan fingerprint density at radius 1 is 1.08 bits per heavy atom. The summed E-state index contributed by atoms with van der Waals surface area (Å²) in [4.78, 5) is 2.27. The second-order valence-electron chi connectivity index (χ2n) is 7.85. The number of aryl methyl sites for hydroxylation is 1. The van der Waals surface area contributed by atoms with Crippen LogP contribution in [0.15, 0.2) is 42.5 Å². The Morgan fingerprint density at radius 2 is 1.81 bits per heavy atom. The first-order valence-electron chi connectivity index (χ1n) is 9.32. The number of likely N-dealkylation sites (N-methyl/N-ethyl adjacent to an activating group) is 1. The fraction of sp³-hybridized carbons (Fsp3) is 0.391. The second-order valence-corrected chi connectivity index (χ2v) is 7.85. The van der Waals surface area contributed by atoms with Crippen LogP contribution in [0.2, 0.25) is 0 Å². The molecule has 1 atom stereocenters. The number of rotatable bonds is 2. The van der Waals surface area contributed by atoms with Gasteiger partial charge in [0, 0.05) is 18.3 Å². The average Bonchev–Trinajstić information content (AvgIpc) is 2.77. The van der Waals surface area contributed by atoms with Gasteiger partial charge >= 0.3 is 0 Å². The molecule has 0 aliphatic carbocycles. The van der Waals surface area contributed by atoms with E-state index < -0.39 is 5.72 Å². The van der Waals surface area contributed by atoms with Crippen LogP contribution < -0.4 is 14.4 Å². The molecule has 136 valence electrons. The van der Waals surface area contributed by atoms with E-state index in [9.17, 15) is 0 Å². The third-order valence-electron chi connectivity index (χ3n) is 6.02. The molecule has 2 heterocycles. The molecular weight excluding hydrogens is 322 g/mol. The van der Waals surface area contributed by atoms with Crippen molar-refractivity contribution in [1.29, 1.82) is 0 Å². The molecule has 2 aromatic rings. The van der Waals surface area contributed by atoms with Gasteiger partial charge in [0.1, 0.15) is 0 Å². The van der Waals surface area contributed by atoms with Crippen molar-refractivity contribution in [3.05, 3.63) is 59.2 Å². The Hall–Kier alpha value is -2.42. The van der Waals surface area contributed by atoms with Crippen LogP contribution >= 0.6 is 0 Å². The number of nitrogens with zero attached hydrogens (tertiary/aromatic N) is 1. The van der Waals surface area contributed by atoms with Crippen LogP contribution in [0.25, 0.3) is 5.57 Å². The van der Waals surface area contributed by atoms with E-state index >= 15 is 0 Å². The summed E-state index contributed by atoms with van der Waals surface area (Å²) in [5.74, 6) is 1.72. The molecule has 0 radical (unpaired) electrons. The van der Waals surface area contributed by atoms with Crippen LogP contribution in [0.3, 0.4) is 0 Å². The van der Waals surface area contributed by atoms with Gasteiger partial charge in [-0.25, -0.2) is 0 Å². The first-order chi connectivity index (χ1) is 12.3. The highest BCUT2D eigenvalue weighted by atomic mass is 16.5. The van der Waals surface area contributed by atoms with E-state index in [0.717, 1.165) is 22.6 Å². The largest absolute Gasteiger partial charge is 0.490 e. The van der Waals surface area contributed by atoms with Crippen molar-refractivity contribution >= 4 is 11.3 Å². The molecule has 0 saturated carbocycles. The molecule has 1 unspecified atom stereocenters. The van der Waals surface area contributed by atoms with E-state index in [1.807, 2.05) is 6.92 Å². The van der Waals surface area contributed by atoms with Crippen LogP contribution in [0.1, 0.15) is 44.4 Å². The monoisotopic (exact) mass is 349 g/mol. The van der Waals surface area contributed by atoms with Crippen LogP contribution in [0.4, 0.5) is 5.69 Å². The normalized spacial score (nSPS) is 22.5. The van der Waals surface area contributed by atoms with Gasteiger partial charge in [-0.05, 0) is 63.5 Å². The summed E-state index contributed by atoms with van der Waals surface area (Å²) in [5.41, 5.74) is 5.19. The number of fused-ring (bicyclic) bond motifs is 2. The number of hydrogen-bond donors (Lipinski definition) is 0. The minimum absolute atomic E-state index is 0.204. The lowest BCUT2D eigenvalue weighted by Crippen LogP contribution is -2.58. The highest BCUT2D eigenvalue weighted by Gasteiger charge is 2.58. The minimum Gasteiger partial charge on any atom is -0.490 e. The van der Waals surface area contributed by atoms with E-state index in [0.29, 0.717) is 6.61 Å². The molecule has 0 fully saturated rings. The van der Waals surface area contributed by atoms with Gasteiger partial charge < -0.3 is 14.4 Å². The Labute approximate surface area is 156 Å². The van der Waals surface area contributed by atoms with Crippen molar-refractivity contribution in [3.63, 3.8) is 0 Å². The van der Waals surface area contributed by atoms with Gasteiger partial charge in [-0.1, -0.05) is 30.3 Å². The number of ether oxygens (including phenoxy) is 2. The van der Waals surface area contributed by atoms with Crippen molar-refractivity contribution in [2.45, 2.75) is 45.8 Å². The zero-order valence-corrected chi connectivity index (χ0v) is 16.5. The van der Waals surface area contributed by atoms with E-state index in [1.54, 1.807) is 0 Å². The molecule has 0 amide bonds. The highest BCUT2D eigenvalue weighted by Crippen LogP contribution is 2.56. The summed E-state index contributed by atoms with van der Waals surface area (Å²) in [6, 6.07) is 12.8. The lowest BCUT2D eigenvalue weighted by atomic mass is 9.75. The smallest absolute Gasteiger partial charge is 0.212 e. The second kappa shape index (κ2) is 5.54. The summed E-state index contributed by atoms with van der Waals surface area (Å²) >= 11 is 0. The molecule has 1 spiro atoms. The maximum Gasteiger partial charge on any atom is 0.212 e. The summed E-state index contributed by atoms with van der Waals surface area (Å²) in [7, 11) is 2.12. The fourth-order valence-electron chi connectivity index (χ4n) is 4.51. The Morgan fingerprint density at radius 3 is 2.50 bits per heavy atom. The highest BCUT2D eigenvalue weighted by molar-refractivity contribution is 5.79. The lowest BCUT2D eigenvalue weighted by Gasteiger charge is -2.47. The number of hydrogen-bond acceptors (Lipinski definition) is 3. The predicted octanol–water partition coefficient (Wildman–Crippen LogP) is 5.31. The van der Waals surface area contributed by atoms with E-state index in [1.165, 1.54) is 16.8 Å². The van der Waals surface area contributed by atoms with Crippen molar-refractivity contribution in [3.8, 4) is 11.5 Å². The molecule has 0 bridgehead atoms. The van der Waals surface area contributed by atoms with Crippen LogP contribution in [-0.2, 0) is 5.41 Å². The summed E-state index contributed by atoms with van der Waals surface area (Å²) in [6.45, 7) is 11.4. The Bertz CT molecular complexity index is 912. The SMILES string of the molecule is CCOc1c(C)ccc2c1OC1(C=C2C)N(C)c2ccccc2C1(C)C. The van der Waals surface area contributed by atoms with Gasteiger partial charge in [0.25, 0.3) is 0 Å². The van der Waals surface area contributed by atoms with Gasteiger partial charge in [0.05, 0.1) is 12.0 Å². The standard InChI is InChI=1S/C23H27NO2/c1-7-25-20-15(2)12-13-17-16(3)14-23(26-21(17)20)22(4,5)18-10-8-9-11-19(18)24(23)6/h8-14H,7H2,1-6H3. The van der Waals surface area contributed by atoms with Crippen molar-refractivity contribution < 1.29 is 9.47 Å². The Balaban J connectivity index is 1.95. The predicted molar refractivity (Wildman–Crippen MR) is 107 cm³/mol. The molecule has 2 aromatic carbocycles. The third-order valence-corrected chi connectivity index (χ3v) is 6.02. The maximum atomic E-state index is 6.85. The molecular formula is C23H27NO2. The van der Waals surface area contributed by atoms with Crippen LogP contribution in [0.5, 0.6) is 11.5 Å². The Kier molecular flexibility index (Phi) is 3.62. The van der Waals surface area contributed by atoms with Gasteiger partial charge in [0.15, 0.2) is 11.5 Å². The van der Waals surface area contributed by atoms with E-state index in [-0.39, 0.29) is 5.41 Å². The van der Waals surface area contributed by atoms with Crippen molar-refractivity contribution in [2.24, 2.45) is 0 Å². The van der Waals surface area contributed by atoms with Crippen molar-refractivity contribution in [1.82, 2.24) is 0 Å². The van der Waals surface area contributed by atoms with Crippen molar-refractivity contribution in [2.75, 3.05) is 18.6 Å². The molecule has 3 nitrogen and oxygen atoms in total. The van der Waals surface area contributed by atoms with Gasteiger partial charge in [-0.3, -0.25) is 0 Å².